The largest absolute Gasteiger partial charge is 0.356 e. The second-order valence-electron chi connectivity index (χ2n) is 6.83. The van der Waals surface area contributed by atoms with Crippen LogP contribution in [-0.4, -0.2) is 27.1 Å². The van der Waals surface area contributed by atoms with Crippen LogP contribution in [0.3, 0.4) is 0 Å². The van der Waals surface area contributed by atoms with Crippen molar-refractivity contribution in [1.29, 1.82) is 0 Å². The zero-order valence-corrected chi connectivity index (χ0v) is 14.8. The fourth-order valence-electron chi connectivity index (χ4n) is 3.95. The summed E-state index contributed by atoms with van der Waals surface area (Å²) in [5.41, 5.74) is 3.68. The maximum absolute atomic E-state index is 13.3. The maximum atomic E-state index is 13.3. The minimum atomic E-state index is -0.0828. The third kappa shape index (κ3) is 2.72. The average Bonchev–Trinajstić information content (AvgIpc) is 3.35. The molecule has 0 bridgehead atoms. The van der Waals surface area contributed by atoms with Gasteiger partial charge in [-0.2, -0.15) is 0 Å². The van der Waals surface area contributed by atoms with Gasteiger partial charge in [0.15, 0.2) is 5.58 Å². The van der Waals surface area contributed by atoms with Crippen molar-refractivity contribution < 1.29 is 9.32 Å². The highest BCUT2D eigenvalue weighted by Crippen LogP contribution is 2.33. The lowest BCUT2D eigenvalue weighted by molar-refractivity contribution is -0.133. The number of amides is 1. The third-order valence-corrected chi connectivity index (χ3v) is 5.24. The summed E-state index contributed by atoms with van der Waals surface area (Å²) in [5.74, 6) is 0.0651. The Kier molecular flexibility index (Phi) is 3.78. The molecule has 5 rings (SSSR count). The number of hydrogen-bond acceptors (Lipinski definition) is 3. The number of carbonyl (C=O) groups is 1. The average molecular weight is 357 g/mol. The number of rotatable bonds is 3. The Balaban J connectivity index is 1.50. The quantitative estimate of drug-likeness (QED) is 0.560. The van der Waals surface area contributed by atoms with Crippen molar-refractivity contribution in [2.45, 2.75) is 19.0 Å². The molecule has 1 amide bonds. The van der Waals surface area contributed by atoms with Crippen LogP contribution in [0.5, 0.6) is 0 Å². The van der Waals surface area contributed by atoms with E-state index >= 15 is 0 Å². The molecule has 0 saturated heterocycles. The van der Waals surface area contributed by atoms with Gasteiger partial charge in [0.25, 0.3) is 0 Å². The first-order valence-electron chi connectivity index (χ1n) is 9.14. The van der Waals surface area contributed by atoms with Gasteiger partial charge in [-0.25, -0.2) is 0 Å². The molecule has 2 aromatic carbocycles. The summed E-state index contributed by atoms with van der Waals surface area (Å²) in [5, 5.41) is 5.04. The standard InChI is InChI=1S/C22H19N3O2/c26-21(15-18-17-9-4-5-11-20(17)27-23-18)25-14-13-24-12-6-10-19(24)22(25)16-7-2-1-3-8-16/h1-12,22H,13-15H2. The number of para-hydroxylation sites is 1. The van der Waals surface area contributed by atoms with Crippen LogP contribution in [0.4, 0.5) is 0 Å². The van der Waals surface area contributed by atoms with Crippen LogP contribution in [0.1, 0.15) is 23.0 Å². The Labute approximate surface area is 156 Å². The van der Waals surface area contributed by atoms with E-state index in [1.807, 2.05) is 53.4 Å². The number of benzene rings is 2. The van der Waals surface area contributed by atoms with Gasteiger partial charge in [0.1, 0.15) is 5.69 Å². The Morgan fingerprint density at radius 2 is 1.81 bits per heavy atom. The fourth-order valence-corrected chi connectivity index (χ4v) is 3.95. The highest BCUT2D eigenvalue weighted by atomic mass is 16.5. The van der Waals surface area contributed by atoms with Gasteiger partial charge in [0, 0.05) is 30.4 Å². The number of aromatic nitrogens is 2. The van der Waals surface area contributed by atoms with Crippen molar-refractivity contribution >= 4 is 16.9 Å². The molecule has 2 aromatic heterocycles. The van der Waals surface area contributed by atoms with E-state index in [0.717, 1.165) is 23.2 Å². The fraction of sp³-hybridized carbons (Fsp3) is 0.182. The monoisotopic (exact) mass is 357 g/mol. The Morgan fingerprint density at radius 3 is 2.70 bits per heavy atom. The van der Waals surface area contributed by atoms with Gasteiger partial charge in [-0.3, -0.25) is 4.79 Å². The van der Waals surface area contributed by atoms with E-state index in [2.05, 4.69) is 34.1 Å². The Bertz CT molecular complexity index is 1100. The minimum Gasteiger partial charge on any atom is -0.356 e. The van der Waals surface area contributed by atoms with E-state index < -0.39 is 0 Å². The highest BCUT2D eigenvalue weighted by molar-refractivity contribution is 5.86. The topological polar surface area (TPSA) is 51.3 Å². The second kappa shape index (κ2) is 6.43. The molecular weight excluding hydrogens is 338 g/mol. The van der Waals surface area contributed by atoms with Crippen LogP contribution in [0.25, 0.3) is 11.0 Å². The first-order valence-corrected chi connectivity index (χ1v) is 9.14. The predicted octanol–water partition coefficient (Wildman–Crippen LogP) is 3.80. The number of nitrogens with zero attached hydrogens (tertiary/aromatic N) is 3. The molecule has 0 saturated carbocycles. The van der Waals surface area contributed by atoms with Gasteiger partial charge >= 0.3 is 0 Å². The maximum Gasteiger partial charge on any atom is 0.229 e. The first-order chi connectivity index (χ1) is 13.3. The zero-order chi connectivity index (χ0) is 18.2. The van der Waals surface area contributed by atoms with Crippen LogP contribution in [0, 0.1) is 0 Å². The second-order valence-corrected chi connectivity index (χ2v) is 6.83. The van der Waals surface area contributed by atoms with Crippen molar-refractivity contribution in [3.8, 4) is 0 Å². The number of fused-ring (bicyclic) bond motifs is 2. The van der Waals surface area contributed by atoms with Crippen LogP contribution in [0.2, 0.25) is 0 Å². The lowest BCUT2D eigenvalue weighted by Gasteiger charge is -2.37. The molecule has 4 aromatic rings. The van der Waals surface area contributed by atoms with Gasteiger partial charge in [0.05, 0.1) is 12.5 Å². The SMILES string of the molecule is O=C(Cc1noc2ccccc12)N1CCn2cccc2C1c1ccccc1. The van der Waals surface area contributed by atoms with Crippen molar-refractivity contribution in [1.82, 2.24) is 14.6 Å². The molecule has 1 aliphatic rings. The molecule has 1 unspecified atom stereocenters. The van der Waals surface area contributed by atoms with Gasteiger partial charge in [-0.15, -0.1) is 0 Å². The molecule has 0 N–H and O–H groups in total. The van der Waals surface area contributed by atoms with E-state index in [1.54, 1.807) is 0 Å². The predicted molar refractivity (Wildman–Crippen MR) is 102 cm³/mol. The number of hydrogen-bond donors (Lipinski definition) is 0. The molecule has 0 spiro atoms. The summed E-state index contributed by atoms with van der Waals surface area (Å²) in [4.78, 5) is 15.2. The van der Waals surface area contributed by atoms with Gasteiger partial charge in [0.2, 0.25) is 5.91 Å². The highest BCUT2D eigenvalue weighted by Gasteiger charge is 2.32. The van der Waals surface area contributed by atoms with Crippen LogP contribution >= 0.6 is 0 Å². The molecule has 3 heterocycles. The van der Waals surface area contributed by atoms with E-state index in [4.69, 9.17) is 4.52 Å². The number of carbonyl (C=O) groups excluding carboxylic acids is 1. The molecule has 134 valence electrons. The zero-order valence-electron chi connectivity index (χ0n) is 14.8. The first kappa shape index (κ1) is 15.9. The summed E-state index contributed by atoms with van der Waals surface area (Å²) < 4.78 is 7.60. The summed E-state index contributed by atoms with van der Waals surface area (Å²) in [7, 11) is 0. The molecule has 1 aliphatic heterocycles. The van der Waals surface area contributed by atoms with Crippen molar-refractivity contribution in [2.24, 2.45) is 0 Å². The van der Waals surface area contributed by atoms with E-state index in [0.29, 0.717) is 17.8 Å². The van der Waals surface area contributed by atoms with Crippen molar-refractivity contribution in [2.75, 3.05) is 6.54 Å². The van der Waals surface area contributed by atoms with Crippen LogP contribution < -0.4 is 0 Å². The Hall–Kier alpha value is -3.34. The van der Waals surface area contributed by atoms with Crippen molar-refractivity contribution in [3.63, 3.8) is 0 Å². The van der Waals surface area contributed by atoms with Crippen molar-refractivity contribution in [3.05, 3.63) is 89.9 Å². The summed E-state index contributed by atoms with van der Waals surface area (Å²) >= 11 is 0. The van der Waals surface area contributed by atoms with E-state index in [9.17, 15) is 4.79 Å². The lowest BCUT2D eigenvalue weighted by atomic mass is 9.99. The third-order valence-electron chi connectivity index (χ3n) is 5.24. The lowest BCUT2D eigenvalue weighted by Crippen LogP contribution is -2.43. The summed E-state index contributed by atoms with van der Waals surface area (Å²) in [6.07, 6.45) is 2.32. The van der Waals surface area contributed by atoms with E-state index in [1.165, 1.54) is 0 Å². The smallest absolute Gasteiger partial charge is 0.229 e. The van der Waals surface area contributed by atoms with E-state index in [-0.39, 0.29) is 18.4 Å². The molecule has 5 nitrogen and oxygen atoms in total. The summed E-state index contributed by atoms with van der Waals surface area (Å²) in [6, 6.07) is 21.9. The molecule has 1 atom stereocenters. The molecule has 0 radical (unpaired) electrons. The summed E-state index contributed by atoms with van der Waals surface area (Å²) in [6.45, 7) is 1.48. The molecule has 0 fully saturated rings. The molecule has 27 heavy (non-hydrogen) atoms. The van der Waals surface area contributed by atoms with Gasteiger partial charge in [-0.05, 0) is 29.8 Å². The molecular formula is C22H19N3O2. The normalized spacial score (nSPS) is 16.4. The minimum absolute atomic E-state index is 0.0651. The molecule has 0 aliphatic carbocycles. The molecule has 5 heteroatoms. The Morgan fingerprint density at radius 1 is 1.00 bits per heavy atom. The van der Waals surface area contributed by atoms with Crippen LogP contribution in [0.15, 0.2) is 77.4 Å². The van der Waals surface area contributed by atoms with Gasteiger partial charge < -0.3 is 14.0 Å². The van der Waals surface area contributed by atoms with Gasteiger partial charge in [-0.1, -0.05) is 47.6 Å². The van der Waals surface area contributed by atoms with Crippen LogP contribution in [-0.2, 0) is 17.8 Å².